The monoisotopic (exact) mass is 175 g/mol. The molecule has 4 nitrogen and oxygen atoms in total. The molecule has 0 saturated heterocycles. The molecule has 0 aromatic rings. The Bertz CT molecular complexity index is 94.9. The normalized spacial score (nSPS) is 8.29. The first-order chi connectivity index (χ1) is 2.00. The fourth-order valence-corrected chi connectivity index (χ4v) is 0. The van der Waals surface area contributed by atoms with E-state index in [0.29, 0.717) is 0 Å². The summed E-state index contributed by atoms with van der Waals surface area (Å²) in [6.07, 6.45) is 0. The van der Waals surface area contributed by atoms with Crippen molar-refractivity contribution in [2.24, 2.45) is 0 Å². The van der Waals surface area contributed by atoms with Crippen molar-refractivity contribution in [3.8, 4) is 0 Å². The summed E-state index contributed by atoms with van der Waals surface area (Å²) >= 11 is 0. The molecular weight excluding hydrogens is 170 g/mol. The van der Waals surface area contributed by atoms with Gasteiger partial charge in [0, 0.05) is 17.1 Å². The maximum absolute atomic E-state index is 8.74. The van der Waals surface area contributed by atoms with Gasteiger partial charge in [-0.15, -0.1) is 0 Å². The van der Waals surface area contributed by atoms with Gasteiger partial charge < -0.3 is 0 Å². The minimum absolute atomic E-state index is 0. The Morgan fingerprint density at radius 2 is 1.14 bits per heavy atom. The van der Waals surface area contributed by atoms with E-state index < -0.39 is 10.4 Å². The summed E-state index contributed by atoms with van der Waals surface area (Å²) in [5.74, 6) is 0. The average Bonchev–Trinajstić information content (AvgIpc) is 0.722. The Hall–Kier alpha value is 0.454. The van der Waals surface area contributed by atoms with E-state index in [2.05, 4.69) is 0 Å². The molecule has 49 valence electrons. The minimum Gasteiger partial charge on any atom is -0.264 e. The molecule has 1 radical (unpaired) electrons. The molecule has 7 heteroatoms. The SMILES string of the molecule is B.O=S(=O)(O)O.[Cu]. The molecule has 0 aliphatic rings. The van der Waals surface area contributed by atoms with Crippen molar-refractivity contribution in [3.05, 3.63) is 0 Å². The second-order valence-electron chi connectivity index (χ2n) is 0.448. The molecule has 7 heavy (non-hydrogen) atoms. The second-order valence-corrected chi connectivity index (χ2v) is 1.34. The van der Waals surface area contributed by atoms with E-state index in [-0.39, 0.29) is 25.5 Å². The predicted molar refractivity (Wildman–Crippen MR) is 24.1 cm³/mol. The average molecular weight is 175 g/mol. The maximum atomic E-state index is 8.74. The summed E-state index contributed by atoms with van der Waals surface area (Å²) in [7, 11) is -4.67. The molecule has 0 aliphatic heterocycles. The predicted octanol–water partition coefficient (Wildman–Crippen LogP) is -1.84. The number of hydrogen-bond donors (Lipinski definition) is 2. The third-order valence-corrected chi connectivity index (χ3v) is 0. The van der Waals surface area contributed by atoms with Crippen LogP contribution >= 0.6 is 0 Å². The molecule has 0 heterocycles. The van der Waals surface area contributed by atoms with Gasteiger partial charge in [0.25, 0.3) is 0 Å². The molecule has 0 saturated carbocycles. The van der Waals surface area contributed by atoms with E-state index in [0.717, 1.165) is 0 Å². The fraction of sp³-hybridized carbons (Fsp3) is 0. The molecular formula is H5BCuO4S. The fourth-order valence-electron chi connectivity index (χ4n) is 0. The quantitative estimate of drug-likeness (QED) is 0.335. The molecule has 0 rings (SSSR count). The van der Waals surface area contributed by atoms with Gasteiger partial charge in [-0.2, -0.15) is 8.42 Å². The first-order valence-electron chi connectivity index (χ1n) is 0.698. The molecule has 0 fully saturated rings. The summed E-state index contributed by atoms with van der Waals surface area (Å²) in [6, 6.07) is 0. The molecule has 0 unspecified atom stereocenters. The topological polar surface area (TPSA) is 74.6 Å². The van der Waals surface area contributed by atoms with Crippen LogP contribution < -0.4 is 0 Å². The van der Waals surface area contributed by atoms with Crippen LogP contribution in [-0.4, -0.2) is 25.9 Å². The van der Waals surface area contributed by atoms with Crippen LogP contribution in [0.25, 0.3) is 0 Å². The molecule has 2 N–H and O–H groups in total. The zero-order valence-electron chi connectivity index (χ0n) is 2.42. The van der Waals surface area contributed by atoms with E-state index in [9.17, 15) is 0 Å². The van der Waals surface area contributed by atoms with Gasteiger partial charge >= 0.3 is 10.4 Å². The van der Waals surface area contributed by atoms with Gasteiger partial charge in [0.1, 0.15) is 0 Å². The van der Waals surface area contributed by atoms with Crippen LogP contribution in [0.15, 0.2) is 0 Å². The standard InChI is InChI=1S/BH3.Cu.H2O4S/c;;1-5(2,3)4/h1H3;;(H2,1,2,3,4). The minimum atomic E-state index is -4.67. The zero-order valence-corrected chi connectivity index (χ0v) is 4.18. The van der Waals surface area contributed by atoms with Crippen LogP contribution in [0.4, 0.5) is 0 Å². The Balaban J connectivity index is -0.0000000800. The maximum Gasteiger partial charge on any atom is 0.394 e. The van der Waals surface area contributed by atoms with Crippen molar-refractivity contribution in [1.82, 2.24) is 0 Å². The van der Waals surface area contributed by atoms with Gasteiger partial charge in [0.05, 0.1) is 8.41 Å². The van der Waals surface area contributed by atoms with E-state index in [4.69, 9.17) is 17.5 Å². The number of rotatable bonds is 0. The first kappa shape index (κ1) is 15.7. The molecule has 0 bridgehead atoms. The van der Waals surface area contributed by atoms with Crippen molar-refractivity contribution in [1.29, 1.82) is 0 Å². The van der Waals surface area contributed by atoms with Crippen molar-refractivity contribution >= 4 is 18.8 Å². The largest absolute Gasteiger partial charge is 0.394 e. The third kappa shape index (κ3) is 620. The van der Waals surface area contributed by atoms with E-state index >= 15 is 0 Å². The van der Waals surface area contributed by atoms with Crippen molar-refractivity contribution in [2.45, 2.75) is 0 Å². The van der Waals surface area contributed by atoms with E-state index in [1.165, 1.54) is 0 Å². The van der Waals surface area contributed by atoms with Crippen molar-refractivity contribution in [3.63, 3.8) is 0 Å². The Kier molecular flexibility index (Phi) is 10.3. The van der Waals surface area contributed by atoms with Gasteiger partial charge in [-0.05, 0) is 0 Å². The Morgan fingerprint density at radius 3 is 1.14 bits per heavy atom. The van der Waals surface area contributed by atoms with Crippen LogP contribution in [0.5, 0.6) is 0 Å². The van der Waals surface area contributed by atoms with E-state index in [1.54, 1.807) is 0 Å². The number of hydrogen-bond acceptors (Lipinski definition) is 2. The molecule has 0 atom stereocenters. The van der Waals surface area contributed by atoms with Crippen molar-refractivity contribution in [2.75, 3.05) is 0 Å². The second kappa shape index (κ2) is 4.61. The van der Waals surface area contributed by atoms with Gasteiger partial charge in [-0.25, -0.2) is 0 Å². The molecule has 0 spiro atoms. The molecule has 0 aromatic heterocycles. The molecule has 0 aliphatic carbocycles. The summed E-state index contributed by atoms with van der Waals surface area (Å²) < 4.78 is 31.6. The Morgan fingerprint density at radius 1 is 1.14 bits per heavy atom. The third-order valence-electron chi connectivity index (χ3n) is 0. The molecule has 0 amide bonds. The summed E-state index contributed by atoms with van der Waals surface area (Å²) in [6.45, 7) is 0. The van der Waals surface area contributed by atoms with Crippen LogP contribution in [0.1, 0.15) is 0 Å². The molecule has 0 aromatic carbocycles. The van der Waals surface area contributed by atoms with Crippen LogP contribution in [-0.2, 0) is 27.5 Å². The van der Waals surface area contributed by atoms with Crippen molar-refractivity contribution < 1.29 is 34.6 Å². The summed E-state index contributed by atoms with van der Waals surface area (Å²) in [5, 5.41) is 0. The Labute approximate surface area is 53.9 Å². The van der Waals surface area contributed by atoms with Gasteiger partial charge in [0.15, 0.2) is 0 Å². The van der Waals surface area contributed by atoms with Gasteiger partial charge in [-0.1, -0.05) is 0 Å². The van der Waals surface area contributed by atoms with Crippen LogP contribution in [0.3, 0.4) is 0 Å². The van der Waals surface area contributed by atoms with Gasteiger partial charge in [-0.3, -0.25) is 9.11 Å². The van der Waals surface area contributed by atoms with Crippen LogP contribution in [0.2, 0.25) is 0 Å². The smallest absolute Gasteiger partial charge is 0.264 e. The first-order valence-corrected chi connectivity index (χ1v) is 2.10. The summed E-state index contributed by atoms with van der Waals surface area (Å²) in [4.78, 5) is 0. The van der Waals surface area contributed by atoms with Crippen LogP contribution in [0, 0.1) is 0 Å². The van der Waals surface area contributed by atoms with Gasteiger partial charge in [0.2, 0.25) is 0 Å². The summed E-state index contributed by atoms with van der Waals surface area (Å²) in [5.41, 5.74) is 0. The van der Waals surface area contributed by atoms with E-state index in [1.807, 2.05) is 0 Å². The zero-order chi connectivity index (χ0) is 4.50.